The van der Waals surface area contributed by atoms with Crippen LogP contribution in [0.2, 0.25) is 0 Å². The fourth-order valence-corrected chi connectivity index (χ4v) is 2.59. The third-order valence-corrected chi connectivity index (χ3v) is 4.05. The number of hydrogen-bond donors (Lipinski definition) is 1. The van der Waals surface area contributed by atoms with Crippen molar-refractivity contribution in [3.8, 4) is 6.07 Å². The van der Waals surface area contributed by atoms with Crippen LogP contribution in [0.25, 0.3) is 0 Å². The van der Waals surface area contributed by atoms with Gasteiger partial charge in [0.05, 0.1) is 12.1 Å². The molecule has 4 nitrogen and oxygen atoms in total. The predicted molar refractivity (Wildman–Crippen MR) is 80.1 cm³/mol. The summed E-state index contributed by atoms with van der Waals surface area (Å²) >= 11 is 0. The van der Waals surface area contributed by atoms with Crippen LogP contribution >= 0.6 is 0 Å². The van der Waals surface area contributed by atoms with E-state index in [2.05, 4.69) is 48.9 Å². The van der Waals surface area contributed by atoms with Gasteiger partial charge in [0.2, 0.25) is 0 Å². The van der Waals surface area contributed by atoms with Crippen LogP contribution in [0.1, 0.15) is 40.5 Å². The first-order valence-electron chi connectivity index (χ1n) is 7.68. The first-order valence-corrected chi connectivity index (χ1v) is 7.68. The second kappa shape index (κ2) is 8.52. The van der Waals surface area contributed by atoms with Crippen LogP contribution in [0.15, 0.2) is 0 Å². The minimum atomic E-state index is -0.00686. The Morgan fingerprint density at radius 1 is 1.16 bits per heavy atom. The Kier molecular flexibility index (Phi) is 7.37. The van der Waals surface area contributed by atoms with Gasteiger partial charge in [-0.25, -0.2) is 0 Å². The number of rotatable bonds is 7. The van der Waals surface area contributed by atoms with E-state index in [0.29, 0.717) is 12.1 Å². The zero-order valence-corrected chi connectivity index (χ0v) is 13.0. The second-order valence-electron chi connectivity index (χ2n) is 5.93. The van der Waals surface area contributed by atoms with Crippen molar-refractivity contribution < 1.29 is 0 Å². The second-order valence-corrected chi connectivity index (χ2v) is 5.93. The van der Waals surface area contributed by atoms with Gasteiger partial charge >= 0.3 is 0 Å². The van der Waals surface area contributed by atoms with E-state index in [0.717, 1.165) is 26.1 Å². The topological polar surface area (TPSA) is 42.3 Å². The number of hydrogen-bond acceptors (Lipinski definition) is 4. The van der Waals surface area contributed by atoms with E-state index in [1.165, 1.54) is 19.5 Å². The molecule has 0 spiro atoms. The molecule has 0 amide bonds. The van der Waals surface area contributed by atoms with E-state index >= 15 is 0 Å². The van der Waals surface area contributed by atoms with E-state index in [4.69, 9.17) is 5.26 Å². The maximum Gasteiger partial charge on any atom is 0.0967 e. The normalized spacial score (nSPS) is 21.3. The summed E-state index contributed by atoms with van der Waals surface area (Å²) in [6.07, 6.45) is 2.16. The van der Waals surface area contributed by atoms with Crippen LogP contribution < -0.4 is 5.32 Å². The smallest absolute Gasteiger partial charge is 0.0967 e. The molecule has 2 unspecified atom stereocenters. The Hall–Kier alpha value is -0.630. The number of nitrogens with one attached hydrogen (secondary N) is 1. The first kappa shape index (κ1) is 16.4. The average molecular weight is 266 g/mol. The van der Waals surface area contributed by atoms with Crippen molar-refractivity contribution in [2.45, 2.75) is 58.7 Å². The summed E-state index contributed by atoms with van der Waals surface area (Å²) in [4.78, 5) is 5.07. The van der Waals surface area contributed by atoms with Gasteiger partial charge < -0.3 is 4.90 Å². The lowest BCUT2D eigenvalue weighted by molar-refractivity contribution is 0.0987. The SMILES string of the molecule is CCC(C)N1CCN(CCC(C#N)NC(C)C)CC1. The van der Waals surface area contributed by atoms with Crippen molar-refractivity contribution in [1.29, 1.82) is 5.26 Å². The summed E-state index contributed by atoms with van der Waals surface area (Å²) < 4.78 is 0. The van der Waals surface area contributed by atoms with Gasteiger partial charge in [0, 0.05) is 44.8 Å². The van der Waals surface area contributed by atoms with Crippen LogP contribution in [0.3, 0.4) is 0 Å². The molecule has 1 N–H and O–H groups in total. The fourth-order valence-electron chi connectivity index (χ4n) is 2.59. The van der Waals surface area contributed by atoms with E-state index < -0.39 is 0 Å². The van der Waals surface area contributed by atoms with Gasteiger partial charge in [-0.3, -0.25) is 10.2 Å². The van der Waals surface area contributed by atoms with Crippen LogP contribution in [-0.2, 0) is 0 Å². The molecule has 0 aromatic heterocycles. The zero-order valence-electron chi connectivity index (χ0n) is 13.0. The molecule has 0 saturated carbocycles. The lowest BCUT2D eigenvalue weighted by atomic mass is 10.1. The standard InChI is InChI=1S/C15H30N4/c1-5-14(4)19-10-8-18(9-11-19)7-6-15(12-16)17-13(2)3/h13-15,17H,5-11H2,1-4H3. The van der Waals surface area contributed by atoms with Crippen LogP contribution in [0, 0.1) is 11.3 Å². The summed E-state index contributed by atoms with van der Waals surface area (Å²) in [5, 5.41) is 12.4. The number of piperazine rings is 1. The number of nitrogens with zero attached hydrogens (tertiary/aromatic N) is 3. The molecule has 1 heterocycles. The van der Waals surface area contributed by atoms with Crippen molar-refractivity contribution in [2.75, 3.05) is 32.7 Å². The molecule has 1 fully saturated rings. The van der Waals surface area contributed by atoms with E-state index in [9.17, 15) is 0 Å². The van der Waals surface area contributed by atoms with Crippen molar-refractivity contribution in [1.82, 2.24) is 15.1 Å². The Morgan fingerprint density at radius 3 is 2.26 bits per heavy atom. The maximum absolute atomic E-state index is 9.11. The van der Waals surface area contributed by atoms with Gasteiger partial charge in [0.15, 0.2) is 0 Å². The molecular formula is C15H30N4. The van der Waals surface area contributed by atoms with E-state index in [-0.39, 0.29) is 6.04 Å². The van der Waals surface area contributed by atoms with Crippen molar-refractivity contribution in [2.24, 2.45) is 0 Å². The molecule has 0 bridgehead atoms. The molecule has 19 heavy (non-hydrogen) atoms. The van der Waals surface area contributed by atoms with Crippen LogP contribution in [0.4, 0.5) is 0 Å². The monoisotopic (exact) mass is 266 g/mol. The maximum atomic E-state index is 9.11. The molecule has 0 radical (unpaired) electrons. The minimum absolute atomic E-state index is 0.00686. The fraction of sp³-hybridized carbons (Fsp3) is 0.933. The van der Waals surface area contributed by atoms with Gasteiger partial charge in [-0.1, -0.05) is 6.92 Å². The molecule has 1 aliphatic rings. The van der Waals surface area contributed by atoms with Gasteiger partial charge in [0.25, 0.3) is 0 Å². The van der Waals surface area contributed by atoms with Gasteiger partial charge in [-0.2, -0.15) is 5.26 Å². The highest BCUT2D eigenvalue weighted by Gasteiger charge is 2.20. The highest BCUT2D eigenvalue weighted by atomic mass is 15.3. The van der Waals surface area contributed by atoms with Crippen LogP contribution in [0.5, 0.6) is 0 Å². The Morgan fingerprint density at radius 2 is 1.79 bits per heavy atom. The van der Waals surface area contributed by atoms with Crippen molar-refractivity contribution >= 4 is 0 Å². The van der Waals surface area contributed by atoms with Crippen molar-refractivity contribution in [3.05, 3.63) is 0 Å². The quantitative estimate of drug-likeness (QED) is 0.761. The molecule has 1 rings (SSSR count). The molecule has 110 valence electrons. The lowest BCUT2D eigenvalue weighted by Crippen LogP contribution is -2.50. The number of nitriles is 1. The molecular weight excluding hydrogens is 236 g/mol. The molecule has 0 aromatic carbocycles. The molecule has 1 aliphatic heterocycles. The summed E-state index contributed by atoms with van der Waals surface area (Å²) in [7, 11) is 0. The third-order valence-electron chi connectivity index (χ3n) is 4.05. The Balaban J connectivity index is 2.24. The zero-order chi connectivity index (χ0) is 14.3. The summed E-state index contributed by atoms with van der Waals surface area (Å²) in [6.45, 7) is 14.4. The molecule has 4 heteroatoms. The summed E-state index contributed by atoms with van der Waals surface area (Å²) in [6, 6.07) is 3.44. The van der Waals surface area contributed by atoms with E-state index in [1.54, 1.807) is 0 Å². The summed E-state index contributed by atoms with van der Waals surface area (Å²) in [5.41, 5.74) is 0. The van der Waals surface area contributed by atoms with Gasteiger partial charge in [-0.15, -0.1) is 0 Å². The highest BCUT2D eigenvalue weighted by Crippen LogP contribution is 2.09. The Bertz CT molecular complexity index is 276. The highest BCUT2D eigenvalue weighted by molar-refractivity contribution is 4.91. The van der Waals surface area contributed by atoms with Gasteiger partial charge in [0.1, 0.15) is 0 Å². The molecule has 1 saturated heterocycles. The van der Waals surface area contributed by atoms with E-state index in [1.807, 2.05) is 0 Å². The van der Waals surface area contributed by atoms with Gasteiger partial charge in [-0.05, 0) is 33.6 Å². The minimum Gasteiger partial charge on any atom is -0.301 e. The first-order chi connectivity index (χ1) is 9.06. The predicted octanol–water partition coefficient (Wildman–Crippen LogP) is 1.68. The Labute approximate surface area is 118 Å². The van der Waals surface area contributed by atoms with Crippen molar-refractivity contribution in [3.63, 3.8) is 0 Å². The molecule has 0 aliphatic carbocycles. The third kappa shape index (κ3) is 5.90. The lowest BCUT2D eigenvalue weighted by Gasteiger charge is -2.38. The average Bonchev–Trinajstić information content (AvgIpc) is 2.42. The molecule has 2 atom stereocenters. The molecule has 0 aromatic rings. The van der Waals surface area contributed by atoms with Crippen LogP contribution in [-0.4, -0.2) is 60.6 Å². The summed E-state index contributed by atoms with van der Waals surface area (Å²) in [5.74, 6) is 0. The largest absolute Gasteiger partial charge is 0.301 e.